The Kier molecular flexibility index (Phi) is 3.08. The summed E-state index contributed by atoms with van der Waals surface area (Å²) in [4.78, 5) is 0. The summed E-state index contributed by atoms with van der Waals surface area (Å²) < 4.78 is 17.7. The van der Waals surface area contributed by atoms with E-state index in [-0.39, 0.29) is 11.5 Å². The van der Waals surface area contributed by atoms with Crippen LogP contribution < -0.4 is 10.1 Å². The van der Waals surface area contributed by atoms with Crippen LogP contribution in [0, 0.1) is 5.82 Å². The van der Waals surface area contributed by atoms with E-state index in [0.717, 1.165) is 6.07 Å². The number of nitrogens with one attached hydrogen (secondary N) is 1. The molecule has 1 rings (SSSR count). The third-order valence-corrected chi connectivity index (χ3v) is 1.71. The maximum Gasteiger partial charge on any atom is 0.163 e. The summed E-state index contributed by atoms with van der Waals surface area (Å²) in [6.45, 7) is 0.403. The molecule has 0 aliphatic heterocycles. The summed E-state index contributed by atoms with van der Waals surface area (Å²) in [6.07, 6.45) is 0. The summed E-state index contributed by atoms with van der Waals surface area (Å²) in [5.74, 6) is -0.275. The molecule has 2 N–H and O–H groups in total. The fourth-order valence-electron chi connectivity index (χ4n) is 1.11. The second-order valence-corrected chi connectivity index (χ2v) is 2.65. The summed E-state index contributed by atoms with van der Waals surface area (Å²) >= 11 is 0. The zero-order chi connectivity index (χ0) is 9.84. The molecule has 4 heteroatoms. The number of aromatic hydroxyl groups is 1. The summed E-state index contributed by atoms with van der Waals surface area (Å²) in [5.41, 5.74) is 0.486. The SMILES string of the molecule is CNCc1cc(F)cc(OC)c1O. The maximum atomic E-state index is 12.9. The van der Waals surface area contributed by atoms with Crippen LogP contribution in [-0.2, 0) is 6.54 Å². The van der Waals surface area contributed by atoms with Crippen LogP contribution in [0.3, 0.4) is 0 Å². The van der Waals surface area contributed by atoms with Crippen molar-refractivity contribution < 1.29 is 14.2 Å². The number of ether oxygens (including phenoxy) is 1. The molecule has 0 aliphatic carbocycles. The second kappa shape index (κ2) is 4.09. The van der Waals surface area contributed by atoms with Crippen LogP contribution in [0.5, 0.6) is 11.5 Å². The van der Waals surface area contributed by atoms with Crippen LogP contribution in [0.2, 0.25) is 0 Å². The first-order valence-electron chi connectivity index (χ1n) is 3.89. The maximum absolute atomic E-state index is 12.9. The zero-order valence-corrected chi connectivity index (χ0v) is 7.60. The highest BCUT2D eigenvalue weighted by molar-refractivity contribution is 5.45. The molecule has 0 aromatic heterocycles. The van der Waals surface area contributed by atoms with Gasteiger partial charge in [0.25, 0.3) is 0 Å². The monoisotopic (exact) mass is 185 g/mol. The Morgan fingerprint density at radius 3 is 2.77 bits per heavy atom. The van der Waals surface area contributed by atoms with E-state index in [1.807, 2.05) is 0 Å². The third kappa shape index (κ3) is 2.09. The first kappa shape index (κ1) is 9.80. The van der Waals surface area contributed by atoms with Crippen molar-refractivity contribution in [2.75, 3.05) is 14.2 Å². The lowest BCUT2D eigenvalue weighted by atomic mass is 10.2. The Morgan fingerprint density at radius 2 is 2.23 bits per heavy atom. The van der Waals surface area contributed by atoms with Crippen molar-refractivity contribution >= 4 is 0 Å². The van der Waals surface area contributed by atoms with Gasteiger partial charge in [-0.2, -0.15) is 0 Å². The quantitative estimate of drug-likeness (QED) is 0.744. The molecular formula is C9H12FNO2. The Morgan fingerprint density at radius 1 is 1.54 bits per heavy atom. The lowest BCUT2D eigenvalue weighted by Crippen LogP contribution is -2.06. The number of phenolic OH excluding ortho intramolecular Hbond substituents is 1. The van der Waals surface area contributed by atoms with Crippen molar-refractivity contribution in [1.82, 2.24) is 5.32 Å². The molecule has 0 fully saturated rings. The number of rotatable bonds is 3. The van der Waals surface area contributed by atoms with E-state index in [4.69, 9.17) is 4.74 Å². The van der Waals surface area contributed by atoms with Gasteiger partial charge in [0.2, 0.25) is 0 Å². The standard InChI is InChI=1S/C9H12FNO2/c1-11-5-6-3-7(10)4-8(13-2)9(6)12/h3-4,11-12H,5H2,1-2H3. The van der Waals surface area contributed by atoms with E-state index in [9.17, 15) is 9.50 Å². The highest BCUT2D eigenvalue weighted by atomic mass is 19.1. The van der Waals surface area contributed by atoms with Gasteiger partial charge >= 0.3 is 0 Å². The van der Waals surface area contributed by atoms with Gasteiger partial charge in [-0.15, -0.1) is 0 Å². The van der Waals surface area contributed by atoms with Crippen LogP contribution >= 0.6 is 0 Å². The minimum Gasteiger partial charge on any atom is -0.504 e. The summed E-state index contributed by atoms with van der Waals surface area (Å²) in [6, 6.07) is 2.42. The molecule has 0 atom stereocenters. The van der Waals surface area contributed by atoms with Crippen molar-refractivity contribution in [2.24, 2.45) is 0 Å². The van der Waals surface area contributed by atoms with Crippen LogP contribution in [-0.4, -0.2) is 19.3 Å². The van der Waals surface area contributed by atoms with Crippen LogP contribution in [0.25, 0.3) is 0 Å². The molecule has 0 spiro atoms. The van der Waals surface area contributed by atoms with Gasteiger partial charge in [-0.05, 0) is 13.1 Å². The van der Waals surface area contributed by atoms with E-state index >= 15 is 0 Å². The van der Waals surface area contributed by atoms with Crippen molar-refractivity contribution in [3.8, 4) is 11.5 Å². The number of hydrogen-bond acceptors (Lipinski definition) is 3. The minimum absolute atomic E-state index is 0.0155. The first-order valence-corrected chi connectivity index (χ1v) is 3.89. The highest BCUT2D eigenvalue weighted by Crippen LogP contribution is 2.30. The number of methoxy groups -OCH3 is 1. The topological polar surface area (TPSA) is 41.5 Å². The second-order valence-electron chi connectivity index (χ2n) is 2.65. The Hall–Kier alpha value is -1.29. The lowest BCUT2D eigenvalue weighted by molar-refractivity contribution is 0.366. The zero-order valence-electron chi connectivity index (χ0n) is 7.60. The summed E-state index contributed by atoms with van der Waals surface area (Å²) in [7, 11) is 3.11. The fraction of sp³-hybridized carbons (Fsp3) is 0.333. The van der Waals surface area contributed by atoms with Gasteiger partial charge in [0, 0.05) is 18.2 Å². The molecule has 0 saturated carbocycles. The van der Waals surface area contributed by atoms with E-state index < -0.39 is 5.82 Å². The van der Waals surface area contributed by atoms with Gasteiger partial charge in [-0.1, -0.05) is 0 Å². The van der Waals surface area contributed by atoms with E-state index in [1.165, 1.54) is 13.2 Å². The van der Waals surface area contributed by atoms with Crippen molar-refractivity contribution in [3.63, 3.8) is 0 Å². The lowest BCUT2D eigenvalue weighted by Gasteiger charge is -2.08. The number of phenols is 1. The molecule has 1 aromatic carbocycles. The average molecular weight is 185 g/mol. The highest BCUT2D eigenvalue weighted by Gasteiger charge is 2.09. The van der Waals surface area contributed by atoms with E-state index in [1.54, 1.807) is 7.05 Å². The smallest absolute Gasteiger partial charge is 0.163 e. The molecule has 72 valence electrons. The largest absolute Gasteiger partial charge is 0.504 e. The predicted octanol–water partition coefficient (Wildman–Crippen LogP) is 1.26. The first-order chi connectivity index (χ1) is 6.19. The van der Waals surface area contributed by atoms with Gasteiger partial charge in [-0.25, -0.2) is 4.39 Å². The molecule has 0 aliphatic rings. The fourth-order valence-corrected chi connectivity index (χ4v) is 1.11. The van der Waals surface area contributed by atoms with Crippen LogP contribution in [0.15, 0.2) is 12.1 Å². The number of halogens is 1. The number of benzene rings is 1. The number of hydrogen-bond donors (Lipinski definition) is 2. The molecule has 0 bridgehead atoms. The Bertz CT molecular complexity index is 302. The molecule has 0 saturated heterocycles. The molecule has 13 heavy (non-hydrogen) atoms. The summed E-state index contributed by atoms with van der Waals surface area (Å²) in [5, 5.41) is 12.3. The van der Waals surface area contributed by atoms with Crippen LogP contribution in [0.1, 0.15) is 5.56 Å². The molecule has 0 amide bonds. The van der Waals surface area contributed by atoms with E-state index in [2.05, 4.69) is 5.32 Å². The van der Waals surface area contributed by atoms with Crippen molar-refractivity contribution in [1.29, 1.82) is 0 Å². The average Bonchev–Trinajstić information content (AvgIpc) is 2.11. The molecule has 0 unspecified atom stereocenters. The van der Waals surface area contributed by atoms with Crippen molar-refractivity contribution in [2.45, 2.75) is 6.54 Å². The van der Waals surface area contributed by atoms with Gasteiger partial charge in [0.1, 0.15) is 5.82 Å². The molecular weight excluding hydrogens is 173 g/mol. The Balaban J connectivity index is 3.11. The van der Waals surface area contributed by atoms with E-state index in [0.29, 0.717) is 12.1 Å². The molecule has 1 aromatic rings. The van der Waals surface area contributed by atoms with Crippen molar-refractivity contribution in [3.05, 3.63) is 23.5 Å². The van der Waals surface area contributed by atoms with Gasteiger partial charge in [-0.3, -0.25) is 0 Å². The predicted molar refractivity (Wildman–Crippen MR) is 47.4 cm³/mol. The Labute approximate surface area is 76.1 Å². The molecule has 0 heterocycles. The van der Waals surface area contributed by atoms with Crippen LogP contribution in [0.4, 0.5) is 4.39 Å². The van der Waals surface area contributed by atoms with Gasteiger partial charge < -0.3 is 15.2 Å². The molecule has 0 radical (unpaired) electrons. The third-order valence-electron chi connectivity index (χ3n) is 1.71. The minimum atomic E-state index is -0.417. The van der Waals surface area contributed by atoms with Gasteiger partial charge in [0.15, 0.2) is 11.5 Å². The van der Waals surface area contributed by atoms with Gasteiger partial charge in [0.05, 0.1) is 7.11 Å². The normalized spacial score (nSPS) is 10.1. The molecule has 3 nitrogen and oxygen atoms in total.